The summed E-state index contributed by atoms with van der Waals surface area (Å²) in [5.74, 6) is -4.17. The van der Waals surface area contributed by atoms with E-state index in [9.17, 15) is 31.1 Å². The number of fused-ring (bicyclic) bond motifs is 1. The number of carbonyl (C=O) groups is 3. The van der Waals surface area contributed by atoms with Crippen LogP contribution in [0.3, 0.4) is 0 Å². The molecule has 3 aromatic rings. The largest absolute Gasteiger partial charge is 0.542 e. The number of aliphatic carboxylic acids is 2. The second-order valence-electron chi connectivity index (χ2n) is 11.4. The fraction of sp³-hybridized carbons (Fsp3) is 0.533. The Morgan fingerprint density at radius 1 is 1.00 bits per heavy atom. The highest BCUT2D eigenvalue weighted by Crippen LogP contribution is 2.40. The summed E-state index contributed by atoms with van der Waals surface area (Å²) < 4.78 is 89.0. The van der Waals surface area contributed by atoms with Gasteiger partial charge in [0.15, 0.2) is 12.3 Å². The van der Waals surface area contributed by atoms with Crippen molar-refractivity contribution in [2.45, 2.75) is 58.9 Å². The van der Waals surface area contributed by atoms with Gasteiger partial charge >= 0.3 is 29.9 Å². The van der Waals surface area contributed by atoms with Gasteiger partial charge in [0.2, 0.25) is 5.78 Å². The van der Waals surface area contributed by atoms with Crippen LogP contribution in [0.15, 0.2) is 18.2 Å². The number of hydrogen-bond donors (Lipinski definition) is 2. The molecule has 1 aromatic carbocycles. The molecular formula is C30H38F6N6O9. The van der Waals surface area contributed by atoms with E-state index in [2.05, 4.69) is 35.9 Å². The number of rotatable bonds is 9. The minimum Gasteiger partial charge on any atom is -0.542 e. The summed E-state index contributed by atoms with van der Waals surface area (Å²) in [7, 11) is 1.67. The molecule has 15 nitrogen and oxygen atoms in total. The normalized spacial score (nSPS) is 13.4. The fourth-order valence-corrected chi connectivity index (χ4v) is 4.43. The van der Waals surface area contributed by atoms with Gasteiger partial charge in [-0.1, -0.05) is 25.3 Å². The zero-order valence-corrected chi connectivity index (χ0v) is 28.5. The minimum atomic E-state index is -5.19. The van der Waals surface area contributed by atoms with E-state index < -0.39 is 24.3 Å². The topological polar surface area (TPSA) is 195 Å². The molecule has 2 aromatic heterocycles. The number of alkyl halides is 6. The van der Waals surface area contributed by atoms with Crippen molar-refractivity contribution in [3.8, 4) is 17.4 Å². The maximum absolute atomic E-state index is 13.7. The van der Waals surface area contributed by atoms with Gasteiger partial charge in [-0.05, 0) is 41.6 Å². The van der Waals surface area contributed by atoms with Crippen molar-refractivity contribution in [2.75, 3.05) is 57.3 Å². The molecule has 4 rings (SSSR count). The van der Waals surface area contributed by atoms with Gasteiger partial charge in [-0.3, -0.25) is 4.79 Å². The standard InChI is InChI=1S/C26H37N6O5.2C2HF3O2/c1-7-36-21-15-22-31(29-25(27)32(22)28-24(21)37-8-2)16-20(33)17-13-18(26(3,4)5)23(34-6)19(14-17)30-9-11-35-12-10-30;2*3-2(4,5)1(6)7/h13-15H,7-12,16H2,1-6H3,(H2,27,29);2*(H,6,7)/q+1;;/p-1. The predicted octanol–water partition coefficient (Wildman–Crippen LogP) is 2.35. The van der Waals surface area contributed by atoms with E-state index in [1.165, 1.54) is 9.20 Å². The maximum Gasteiger partial charge on any atom is 0.490 e. The van der Waals surface area contributed by atoms with Gasteiger partial charge in [-0.25, -0.2) is 4.79 Å². The predicted molar refractivity (Wildman–Crippen MR) is 164 cm³/mol. The lowest BCUT2D eigenvalue weighted by molar-refractivity contribution is -0.714. The van der Waals surface area contributed by atoms with E-state index in [0.29, 0.717) is 49.3 Å². The Balaban J connectivity index is 0.000000543. The molecule has 0 aliphatic carbocycles. The number of ether oxygens (including phenoxy) is 4. The van der Waals surface area contributed by atoms with E-state index in [0.717, 1.165) is 30.1 Å². The first-order valence-electron chi connectivity index (χ1n) is 15.1. The Labute approximate surface area is 287 Å². The number of aromatic nitrogens is 4. The molecule has 0 saturated carbocycles. The van der Waals surface area contributed by atoms with E-state index in [1.807, 2.05) is 26.0 Å². The average Bonchev–Trinajstić information content (AvgIpc) is 3.33. The molecule has 0 bridgehead atoms. The van der Waals surface area contributed by atoms with Crippen LogP contribution in [-0.4, -0.2) is 96.5 Å². The highest BCUT2D eigenvalue weighted by molar-refractivity contribution is 5.97. The fourth-order valence-electron chi connectivity index (χ4n) is 4.43. The van der Waals surface area contributed by atoms with Crippen molar-refractivity contribution in [1.82, 2.24) is 14.7 Å². The van der Waals surface area contributed by atoms with Crippen molar-refractivity contribution in [3.63, 3.8) is 0 Å². The molecule has 1 aliphatic rings. The summed E-state index contributed by atoms with van der Waals surface area (Å²) in [6, 6.07) is 5.57. The highest BCUT2D eigenvalue weighted by Gasteiger charge is 2.38. The summed E-state index contributed by atoms with van der Waals surface area (Å²) in [6.45, 7) is 13.6. The molecule has 1 aliphatic heterocycles. The third kappa shape index (κ3) is 11.5. The molecule has 0 radical (unpaired) electrons. The first kappa shape index (κ1) is 42.1. The molecule has 1 saturated heterocycles. The molecule has 51 heavy (non-hydrogen) atoms. The van der Waals surface area contributed by atoms with Crippen molar-refractivity contribution in [1.29, 1.82) is 0 Å². The second-order valence-corrected chi connectivity index (χ2v) is 11.4. The first-order chi connectivity index (χ1) is 23.6. The van der Waals surface area contributed by atoms with Gasteiger partial charge in [0, 0.05) is 24.2 Å². The maximum atomic E-state index is 13.7. The Bertz CT molecular complexity index is 1660. The number of Topliss-reactive ketones (excluding diaryl/α,β-unsaturated/α-hetero) is 1. The number of nitrogens with zero attached hydrogens (tertiary/aromatic N) is 5. The van der Waals surface area contributed by atoms with Crippen LogP contribution >= 0.6 is 0 Å². The number of benzene rings is 1. The van der Waals surface area contributed by atoms with E-state index in [1.54, 1.807) is 13.2 Å². The Morgan fingerprint density at radius 2 is 1.55 bits per heavy atom. The number of carboxylic acid groups (broad SMARTS) is 2. The lowest BCUT2D eigenvalue weighted by atomic mass is 9.84. The number of nitrogen functional groups attached to an aromatic ring is 1. The number of hydrogen-bond acceptors (Lipinski definition) is 12. The van der Waals surface area contributed by atoms with E-state index in [-0.39, 0.29) is 23.7 Å². The van der Waals surface area contributed by atoms with Crippen LogP contribution < -0.4 is 34.6 Å². The van der Waals surface area contributed by atoms with Crippen LogP contribution in [0.1, 0.15) is 50.5 Å². The molecule has 284 valence electrons. The molecule has 0 spiro atoms. The average molecular weight is 741 g/mol. The molecular weight excluding hydrogens is 702 g/mol. The number of nitrogens with two attached hydrogens (primary N) is 1. The van der Waals surface area contributed by atoms with Gasteiger partial charge in [-0.15, -0.1) is 4.68 Å². The van der Waals surface area contributed by atoms with Gasteiger partial charge in [0.1, 0.15) is 11.7 Å². The van der Waals surface area contributed by atoms with Crippen LogP contribution in [0, 0.1) is 0 Å². The smallest absolute Gasteiger partial charge is 0.490 e. The van der Waals surface area contributed by atoms with Crippen molar-refractivity contribution < 1.29 is 74.6 Å². The summed E-state index contributed by atoms with van der Waals surface area (Å²) in [5.41, 5.74) is 8.85. The molecule has 0 amide bonds. The number of morpholine rings is 1. The monoisotopic (exact) mass is 740 g/mol. The van der Waals surface area contributed by atoms with Crippen LogP contribution in [0.4, 0.5) is 38.0 Å². The van der Waals surface area contributed by atoms with E-state index in [4.69, 9.17) is 44.5 Å². The van der Waals surface area contributed by atoms with E-state index >= 15 is 0 Å². The van der Waals surface area contributed by atoms with Gasteiger partial charge < -0.3 is 44.6 Å². The number of carbonyl (C=O) groups excluding carboxylic acids is 2. The third-order valence-electron chi connectivity index (χ3n) is 6.69. The molecule has 3 N–H and O–H groups in total. The lowest BCUT2D eigenvalue weighted by Gasteiger charge is -2.33. The summed E-state index contributed by atoms with van der Waals surface area (Å²) >= 11 is 0. The summed E-state index contributed by atoms with van der Waals surface area (Å²) in [4.78, 5) is 33.6. The SMILES string of the molecule is CCOc1cc2n(nc1OCC)c(N)n[n+]2CC(=O)c1cc(N2CCOCC2)c(OC)c(C(C)(C)C)c1.O=C(O)C(F)(F)F.O=C([O-])C(F)(F)F. The quantitative estimate of drug-likeness (QED) is 0.185. The number of halogens is 6. The lowest BCUT2D eigenvalue weighted by Crippen LogP contribution is -2.41. The van der Waals surface area contributed by atoms with Crippen LogP contribution in [-0.2, 0) is 26.3 Å². The Morgan fingerprint density at radius 3 is 2.00 bits per heavy atom. The highest BCUT2D eigenvalue weighted by atomic mass is 19.4. The van der Waals surface area contributed by atoms with Gasteiger partial charge in [0.05, 0.1) is 45.3 Å². The summed E-state index contributed by atoms with van der Waals surface area (Å²) in [5, 5.41) is 24.7. The number of anilines is 2. The van der Waals surface area contributed by atoms with Crippen molar-refractivity contribution in [2.24, 2.45) is 0 Å². The van der Waals surface area contributed by atoms with Crippen LogP contribution in [0.2, 0.25) is 0 Å². The molecule has 0 unspecified atom stereocenters. The van der Waals surface area contributed by atoms with Crippen molar-refractivity contribution in [3.05, 3.63) is 29.3 Å². The number of carboxylic acids is 2. The zero-order chi connectivity index (χ0) is 38.9. The third-order valence-corrected chi connectivity index (χ3v) is 6.69. The Hall–Kier alpha value is -5.08. The zero-order valence-electron chi connectivity index (χ0n) is 28.5. The van der Waals surface area contributed by atoms with Crippen LogP contribution in [0.5, 0.6) is 17.4 Å². The second kappa shape index (κ2) is 17.2. The first-order valence-corrected chi connectivity index (χ1v) is 15.1. The molecule has 1 fully saturated rings. The minimum absolute atomic E-state index is 0.0274. The molecule has 21 heteroatoms. The number of ketones is 1. The van der Waals surface area contributed by atoms with Gasteiger partial charge in [-0.2, -0.15) is 26.3 Å². The van der Waals surface area contributed by atoms with Crippen molar-refractivity contribution >= 4 is 35.0 Å². The number of methoxy groups -OCH3 is 1. The van der Waals surface area contributed by atoms with Gasteiger partial charge in [0.25, 0.3) is 5.88 Å². The molecule has 0 atom stereocenters. The Kier molecular flexibility index (Phi) is 14.2. The summed E-state index contributed by atoms with van der Waals surface area (Å²) in [6.07, 6.45) is -10.3. The van der Waals surface area contributed by atoms with Crippen LogP contribution in [0.25, 0.3) is 5.65 Å². The molecule has 3 heterocycles.